The Kier molecular flexibility index (Phi) is 8.03. The van der Waals surface area contributed by atoms with Crippen molar-refractivity contribution in [3.63, 3.8) is 0 Å². The van der Waals surface area contributed by atoms with Gasteiger partial charge in [-0.3, -0.25) is 9.13 Å². The summed E-state index contributed by atoms with van der Waals surface area (Å²) < 4.78 is 15.7. The number of piperidine rings is 1. The number of aromatic nitrogens is 2. The first kappa shape index (κ1) is 24.2. The van der Waals surface area contributed by atoms with E-state index in [1.807, 2.05) is 81.9 Å². The molecule has 0 saturated carbocycles. The molecule has 0 bridgehead atoms. The van der Waals surface area contributed by atoms with Crippen molar-refractivity contribution >= 4 is 11.0 Å². The maximum Gasteiger partial charge on any atom is 0.329 e. The third-order valence-electron chi connectivity index (χ3n) is 6.96. The maximum atomic E-state index is 13.5. The molecule has 0 aliphatic carbocycles. The molecule has 2 heterocycles. The second-order valence-electron chi connectivity index (χ2n) is 9.40. The molecule has 0 N–H and O–H groups in total. The van der Waals surface area contributed by atoms with Crippen molar-refractivity contribution in [3.05, 3.63) is 95.4 Å². The molecule has 1 aromatic heterocycles. The van der Waals surface area contributed by atoms with E-state index in [1.54, 1.807) is 0 Å². The van der Waals surface area contributed by atoms with Crippen molar-refractivity contribution in [1.29, 1.82) is 0 Å². The zero-order valence-corrected chi connectivity index (χ0v) is 20.8. The van der Waals surface area contributed by atoms with Crippen LogP contribution >= 0.6 is 0 Å². The van der Waals surface area contributed by atoms with E-state index in [4.69, 9.17) is 9.47 Å². The average molecular weight is 486 g/mol. The average Bonchev–Trinajstić information content (AvgIpc) is 3.21. The molecule has 1 aliphatic rings. The molecule has 6 nitrogen and oxygen atoms in total. The highest BCUT2D eigenvalue weighted by Crippen LogP contribution is 2.26. The van der Waals surface area contributed by atoms with Crippen LogP contribution in [0.5, 0.6) is 11.5 Å². The van der Waals surface area contributed by atoms with Crippen molar-refractivity contribution in [2.45, 2.75) is 38.3 Å². The van der Waals surface area contributed by atoms with Gasteiger partial charge in [0.1, 0.15) is 11.5 Å². The van der Waals surface area contributed by atoms with E-state index < -0.39 is 0 Å². The fraction of sp³-hybridized carbons (Fsp3) is 0.367. The third kappa shape index (κ3) is 5.82. The second-order valence-corrected chi connectivity index (χ2v) is 9.40. The summed E-state index contributed by atoms with van der Waals surface area (Å²) >= 11 is 0. The number of fused-ring (bicyclic) bond motifs is 1. The monoisotopic (exact) mass is 485 g/mol. The zero-order chi connectivity index (χ0) is 24.6. The smallest absolute Gasteiger partial charge is 0.329 e. The number of benzene rings is 3. The van der Waals surface area contributed by atoms with Crippen LogP contribution in [-0.2, 0) is 6.54 Å². The van der Waals surface area contributed by atoms with Gasteiger partial charge in [0, 0.05) is 32.2 Å². The lowest BCUT2D eigenvalue weighted by Crippen LogP contribution is -2.38. The zero-order valence-electron chi connectivity index (χ0n) is 20.8. The number of hydrogen-bond acceptors (Lipinski definition) is 4. The first-order chi connectivity index (χ1) is 17.8. The van der Waals surface area contributed by atoms with E-state index in [2.05, 4.69) is 17.0 Å². The molecule has 4 aromatic rings. The second kappa shape index (κ2) is 12.0. The van der Waals surface area contributed by atoms with E-state index >= 15 is 0 Å². The molecule has 0 amide bonds. The van der Waals surface area contributed by atoms with Crippen LogP contribution in [-0.4, -0.2) is 46.9 Å². The summed E-state index contributed by atoms with van der Waals surface area (Å²) in [5, 5.41) is 0. The first-order valence-electron chi connectivity index (χ1n) is 13.1. The summed E-state index contributed by atoms with van der Waals surface area (Å²) in [5.74, 6) is 1.80. The number of ether oxygens (including phenoxy) is 2. The number of aryl methyl sites for hydroxylation is 1. The largest absolute Gasteiger partial charge is 0.494 e. The Labute approximate surface area is 212 Å². The number of likely N-dealkylation sites (tertiary alicyclic amines) is 1. The minimum Gasteiger partial charge on any atom is -0.494 e. The number of hydrogen-bond donors (Lipinski definition) is 0. The SMILES string of the molecule is O=c1n(CCCOc2ccccc2)c2ccccc2n1C1CCN(CCCOc2ccccc2)CC1. The lowest BCUT2D eigenvalue weighted by atomic mass is 10.0. The molecular formula is C30H35N3O3. The van der Waals surface area contributed by atoms with Crippen molar-refractivity contribution < 1.29 is 9.47 Å². The highest BCUT2D eigenvalue weighted by molar-refractivity contribution is 5.76. The van der Waals surface area contributed by atoms with Crippen LogP contribution in [0.4, 0.5) is 0 Å². The van der Waals surface area contributed by atoms with Gasteiger partial charge in [0.25, 0.3) is 0 Å². The summed E-state index contributed by atoms with van der Waals surface area (Å²) in [7, 11) is 0. The van der Waals surface area contributed by atoms with Gasteiger partial charge in [-0.05, 0) is 62.1 Å². The number of nitrogens with zero attached hydrogens (tertiary/aromatic N) is 3. The van der Waals surface area contributed by atoms with Crippen molar-refractivity contribution in [2.24, 2.45) is 0 Å². The van der Waals surface area contributed by atoms with Gasteiger partial charge in [0.05, 0.1) is 24.2 Å². The van der Waals surface area contributed by atoms with Gasteiger partial charge >= 0.3 is 5.69 Å². The number of para-hydroxylation sites is 4. The van der Waals surface area contributed by atoms with Gasteiger partial charge in [0.15, 0.2) is 0 Å². The van der Waals surface area contributed by atoms with Gasteiger partial charge in [-0.1, -0.05) is 48.5 Å². The number of rotatable bonds is 11. The summed E-state index contributed by atoms with van der Waals surface area (Å²) in [6.07, 6.45) is 3.77. The molecule has 0 atom stereocenters. The van der Waals surface area contributed by atoms with Gasteiger partial charge < -0.3 is 14.4 Å². The summed E-state index contributed by atoms with van der Waals surface area (Å²) in [4.78, 5) is 16.0. The predicted octanol–water partition coefficient (Wildman–Crippen LogP) is 5.38. The fourth-order valence-corrected chi connectivity index (χ4v) is 5.13. The Hall–Kier alpha value is -3.51. The van der Waals surface area contributed by atoms with Crippen molar-refractivity contribution in [2.75, 3.05) is 32.8 Å². The van der Waals surface area contributed by atoms with Crippen LogP contribution in [0.15, 0.2) is 89.7 Å². The van der Waals surface area contributed by atoms with Crippen LogP contribution in [0, 0.1) is 0 Å². The molecule has 1 aliphatic heterocycles. The topological polar surface area (TPSA) is 48.6 Å². The Morgan fingerprint density at radius 2 is 1.19 bits per heavy atom. The van der Waals surface area contributed by atoms with Gasteiger partial charge in [-0.25, -0.2) is 4.79 Å². The normalized spacial score (nSPS) is 14.8. The predicted molar refractivity (Wildman–Crippen MR) is 144 cm³/mol. The molecule has 5 rings (SSSR count). The van der Waals surface area contributed by atoms with Gasteiger partial charge in [-0.2, -0.15) is 0 Å². The van der Waals surface area contributed by atoms with Crippen LogP contribution < -0.4 is 15.2 Å². The molecule has 0 spiro atoms. The van der Waals surface area contributed by atoms with E-state index in [-0.39, 0.29) is 11.7 Å². The van der Waals surface area contributed by atoms with Crippen LogP contribution in [0.2, 0.25) is 0 Å². The quantitative estimate of drug-likeness (QED) is 0.268. The molecule has 36 heavy (non-hydrogen) atoms. The van der Waals surface area contributed by atoms with Crippen LogP contribution in [0.1, 0.15) is 31.7 Å². The number of imidazole rings is 1. The van der Waals surface area contributed by atoms with Crippen LogP contribution in [0.3, 0.4) is 0 Å². The molecule has 1 fully saturated rings. The highest BCUT2D eigenvalue weighted by atomic mass is 16.5. The summed E-state index contributed by atoms with van der Waals surface area (Å²) in [6.45, 7) is 5.00. The molecule has 188 valence electrons. The van der Waals surface area contributed by atoms with E-state index in [9.17, 15) is 4.79 Å². The van der Waals surface area contributed by atoms with Gasteiger partial charge in [-0.15, -0.1) is 0 Å². The lowest BCUT2D eigenvalue weighted by Gasteiger charge is -2.32. The first-order valence-corrected chi connectivity index (χ1v) is 13.1. The minimum absolute atomic E-state index is 0.102. The fourth-order valence-electron chi connectivity index (χ4n) is 5.13. The molecule has 6 heteroatoms. The highest BCUT2D eigenvalue weighted by Gasteiger charge is 2.25. The van der Waals surface area contributed by atoms with E-state index in [1.165, 1.54) is 0 Å². The van der Waals surface area contributed by atoms with Gasteiger partial charge in [0.2, 0.25) is 0 Å². The molecule has 1 saturated heterocycles. The van der Waals surface area contributed by atoms with Crippen molar-refractivity contribution in [1.82, 2.24) is 14.0 Å². The Morgan fingerprint density at radius 3 is 1.81 bits per heavy atom. The molecule has 3 aromatic carbocycles. The molecular weight excluding hydrogens is 450 g/mol. The Bertz CT molecular complexity index is 1280. The van der Waals surface area contributed by atoms with E-state index in [0.717, 1.165) is 74.5 Å². The van der Waals surface area contributed by atoms with Crippen molar-refractivity contribution in [3.8, 4) is 11.5 Å². The summed E-state index contributed by atoms with van der Waals surface area (Å²) in [6, 6.07) is 28.3. The Morgan fingerprint density at radius 1 is 0.667 bits per heavy atom. The third-order valence-corrected chi connectivity index (χ3v) is 6.96. The Balaban J connectivity index is 1.16. The molecule has 0 unspecified atom stereocenters. The lowest BCUT2D eigenvalue weighted by molar-refractivity contribution is 0.172. The minimum atomic E-state index is 0.102. The molecule has 0 radical (unpaired) electrons. The summed E-state index contributed by atoms with van der Waals surface area (Å²) in [5.41, 5.74) is 2.16. The van der Waals surface area contributed by atoms with Crippen LogP contribution in [0.25, 0.3) is 11.0 Å². The maximum absolute atomic E-state index is 13.5. The van der Waals surface area contributed by atoms with E-state index in [0.29, 0.717) is 13.2 Å². The standard InChI is InChI=1S/C30H35N3O3/c34-30-32(20-10-24-36-27-13-5-2-6-14-27)28-15-7-8-16-29(28)33(30)25-17-21-31(22-18-25)19-9-23-35-26-11-3-1-4-12-26/h1-8,11-16,25H,9-10,17-24H2.